The summed E-state index contributed by atoms with van der Waals surface area (Å²) in [5, 5.41) is 37.2. The molecular formula is C13H18N4O4. The van der Waals surface area contributed by atoms with Crippen molar-refractivity contribution in [2.45, 2.75) is 20.4 Å². The Balaban J connectivity index is 2.37. The summed E-state index contributed by atoms with van der Waals surface area (Å²) in [6.07, 6.45) is 1.53. The number of rotatable bonds is 5. The van der Waals surface area contributed by atoms with Gasteiger partial charge in [0, 0.05) is 0 Å². The molecule has 0 saturated heterocycles. The number of hydrazone groups is 1. The van der Waals surface area contributed by atoms with E-state index in [1.165, 1.54) is 15.8 Å². The summed E-state index contributed by atoms with van der Waals surface area (Å²) in [7, 11) is 0. The second-order valence-corrected chi connectivity index (χ2v) is 4.66. The van der Waals surface area contributed by atoms with E-state index in [0.717, 1.165) is 0 Å². The largest absolute Gasteiger partial charge is 0.493 e. The molecule has 1 amide bonds. The van der Waals surface area contributed by atoms with Gasteiger partial charge < -0.3 is 15.3 Å². The van der Waals surface area contributed by atoms with E-state index in [0.29, 0.717) is 22.5 Å². The molecule has 0 spiro atoms. The molecule has 0 aromatic carbocycles. The number of aromatic hydroxyl groups is 1. The van der Waals surface area contributed by atoms with Gasteiger partial charge in [0.05, 0.1) is 48.8 Å². The molecule has 8 nitrogen and oxygen atoms in total. The average molecular weight is 294 g/mol. The predicted molar refractivity (Wildman–Crippen MR) is 75.6 cm³/mol. The predicted octanol–water partition coefficient (Wildman–Crippen LogP) is -0.517. The number of hydrogen-bond donors (Lipinski definition) is 3. The maximum atomic E-state index is 12.1. The lowest BCUT2D eigenvalue weighted by Gasteiger charge is -2.08. The molecule has 0 fully saturated rings. The number of carbonyl (C=O) groups is 1. The van der Waals surface area contributed by atoms with Crippen molar-refractivity contribution in [1.29, 1.82) is 0 Å². The minimum Gasteiger partial charge on any atom is -0.493 e. The topological polar surface area (TPSA) is 111 Å². The molecule has 0 radical (unpaired) electrons. The van der Waals surface area contributed by atoms with E-state index in [9.17, 15) is 9.90 Å². The molecule has 0 aliphatic carbocycles. The van der Waals surface area contributed by atoms with Gasteiger partial charge in [0.1, 0.15) is 0 Å². The summed E-state index contributed by atoms with van der Waals surface area (Å²) >= 11 is 0. The van der Waals surface area contributed by atoms with Crippen molar-refractivity contribution in [3.63, 3.8) is 0 Å². The number of β-amino-alcohol motifs (C(OH)–C–C–N with tert-alkyl or cyclic N) is 1. The maximum absolute atomic E-state index is 12.1. The number of hydrogen-bond acceptors (Lipinski definition) is 6. The summed E-state index contributed by atoms with van der Waals surface area (Å²) in [5.41, 5.74) is 1.84. The third-order valence-electron chi connectivity index (χ3n) is 3.18. The van der Waals surface area contributed by atoms with Crippen LogP contribution >= 0.6 is 0 Å². The van der Waals surface area contributed by atoms with Gasteiger partial charge in [0.25, 0.3) is 5.91 Å². The second-order valence-electron chi connectivity index (χ2n) is 4.66. The fraction of sp³-hybridized carbons (Fsp3) is 0.462. The smallest absolute Gasteiger partial charge is 0.275 e. The van der Waals surface area contributed by atoms with E-state index < -0.39 is 0 Å². The molecule has 0 unspecified atom stereocenters. The molecule has 2 heterocycles. The van der Waals surface area contributed by atoms with Crippen molar-refractivity contribution in [1.82, 2.24) is 14.8 Å². The zero-order chi connectivity index (χ0) is 15.6. The first kappa shape index (κ1) is 15.2. The van der Waals surface area contributed by atoms with E-state index >= 15 is 0 Å². The van der Waals surface area contributed by atoms with Gasteiger partial charge in [-0.1, -0.05) is 0 Å². The lowest BCUT2D eigenvalue weighted by molar-refractivity contribution is -0.126. The zero-order valence-corrected chi connectivity index (χ0v) is 11.9. The Morgan fingerprint density at radius 1 is 1.19 bits per heavy atom. The van der Waals surface area contributed by atoms with Crippen molar-refractivity contribution in [3.05, 3.63) is 16.8 Å². The molecule has 3 N–H and O–H groups in total. The first-order valence-electron chi connectivity index (χ1n) is 6.56. The van der Waals surface area contributed by atoms with Crippen LogP contribution < -0.4 is 0 Å². The van der Waals surface area contributed by atoms with E-state index in [4.69, 9.17) is 10.2 Å². The number of nitrogens with zero attached hydrogens (tertiary/aromatic N) is 4. The highest BCUT2D eigenvalue weighted by molar-refractivity contribution is 6.26. The molecule has 1 aliphatic rings. The highest BCUT2D eigenvalue weighted by Crippen LogP contribution is 2.26. The second kappa shape index (κ2) is 6.06. The van der Waals surface area contributed by atoms with Gasteiger partial charge in [-0.2, -0.15) is 10.2 Å². The van der Waals surface area contributed by atoms with Gasteiger partial charge in [-0.05, 0) is 19.9 Å². The van der Waals surface area contributed by atoms with Gasteiger partial charge in [0.15, 0.2) is 0 Å². The third-order valence-corrected chi connectivity index (χ3v) is 3.18. The molecule has 1 aliphatic heterocycles. The average Bonchev–Trinajstić information content (AvgIpc) is 2.84. The minimum absolute atomic E-state index is 0.102. The highest BCUT2D eigenvalue weighted by Gasteiger charge is 2.28. The van der Waals surface area contributed by atoms with Crippen LogP contribution in [-0.4, -0.2) is 61.5 Å². The van der Waals surface area contributed by atoms with Crippen LogP contribution in [0.15, 0.2) is 10.7 Å². The monoisotopic (exact) mass is 294 g/mol. The van der Waals surface area contributed by atoms with E-state index in [2.05, 4.69) is 10.2 Å². The van der Waals surface area contributed by atoms with E-state index in [-0.39, 0.29) is 38.1 Å². The molecule has 1 aromatic heterocycles. The van der Waals surface area contributed by atoms with Gasteiger partial charge in [-0.3, -0.25) is 4.79 Å². The van der Waals surface area contributed by atoms with Gasteiger partial charge in [0.2, 0.25) is 5.88 Å². The molecule has 114 valence electrons. The molecule has 0 atom stereocenters. The first-order chi connectivity index (χ1) is 9.99. The van der Waals surface area contributed by atoms with Crippen LogP contribution in [0.4, 0.5) is 0 Å². The van der Waals surface area contributed by atoms with E-state index in [1.807, 2.05) is 0 Å². The lowest BCUT2D eigenvalue weighted by atomic mass is 10.1. The van der Waals surface area contributed by atoms with Crippen molar-refractivity contribution < 1.29 is 20.1 Å². The van der Waals surface area contributed by atoms with Gasteiger partial charge >= 0.3 is 0 Å². The van der Waals surface area contributed by atoms with Crippen LogP contribution in [0, 0.1) is 6.92 Å². The van der Waals surface area contributed by atoms with Crippen LogP contribution in [0.3, 0.4) is 0 Å². The SMILES string of the molecule is CC1=NN(CCO)C(=O)/C1=C/c1c(C)nn(CCO)c1O. The third kappa shape index (κ3) is 2.81. The van der Waals surface area contributed by atoms with Crippen molar-refractivity contribution in [2.75, 3.05) is 19.8 Å². The fourth-order valence-electron chi connectivity index (χ4n) is 2.13. The summed E-state index contributed by atoms with van der Waals surface area (Å²) in [5.74, 6) is -0.425. The number of aromatic nitrogens is 2. The zero-order valence-electron chi connectivity index (χ0n) is 11.9. The Hall–Kier alpha value is -2.19. The number of aryl methyl sites for hydroxylation is 1. The van der Waals surface area contributed by atoms with Crippen molar-refractivity contribution >= 4 is 17.7 Å². The van der Waals surface area contributed by atoms with Crippen LogP contribution in [0.2, 0.25) is 0 Å². The number of amides is 1. The van der Waals surface area contributed by atoms with Crippen LogP contribution in [0.25, 0.3) is 6.08 Å². The Labute approximate surface area is 121 Å². The minimum atomic E-state index is -0.324. The Morgan fingerprint density at radius 3 is 2.48 bits per heavy atom. The summed E-state index contributed by atoms with van der Waals surface area (Å²) in [4.78, 5) is 12.1. The Kier molecular flexibility index (Phi) is 4.39. The van der Waals surface area contributed by atoms with Crippen LogP contribution in [-0.2, 0) is 11.3 Å². The van der Waals surface area contributed by atoms with Crippen LogP contribution in [0.5, 0.6) is 5.88 Å². The van der Waals surface area contributed by atoms with Gasteiger partial charge in [-0.15, -0.1) is 0 Å². The number of aliphatic hydroxyl groups excluding tert-OH is 2. The highest BCUT2D eigenvalue weighted by atomic mass is 16.3. The van der Waals surface area contributed by atoms with E-state index in [1.54, 1.807) is 13.8 Å². The quantitative estimate of drug-likeness (QED) is 0.633. The molecule has 21 heavy (non-hydrogen) atoms. The van der Waals surface area contributed by atoms with Gasteiger partial charge in [-0.25, -0.2) is 9.69 Å². The number of aliphatic hydroxyl groups is 2. The lowest BCUT2D eigenvalue weighted by Crippen LogP contribution is -2.25. The summed E-state index contributed by atoms with van der Waals surface area (Å²) in [6, 6.07) is 0. The molecule has 8 heteroatoms. The Bertz CT molecular complexity index is 618. The molecular weight excluding hydrogens is 276 g/mol. The molecule has 1 aromatic rings. The normalized spacial score (nSPS) is 17.0. The molecule has 0 saturated carbocycles. The standard InChI is InChI=1S/C13H18N4O4/c1-8-10(12(20)16(14-8)3-5-18)7-11-9(2)15-17(4-6-19)13(11)21/h7,18-20H,3-6H2,1-2H3/b11-7+. The maximum Gasteiger partial charge on any atom is 0.275 e. The van der Waals surface area contributed by atoms with Crippen LogP contribution in [0.1, 0.15) is 18.2 Å². The summed E-state index contributed by atoms with van der Waals surface area (Å²) < 4.78 is 1.28. The van der Waals surface area contributed by atoms with Crippen molar-refractivity contribution in [3.8, 4) is 5.88 Å². The molecule has 0 bridgehead atoms. The molecule has 2 rings (SSSR count). The fourth-order valence-corrected chi connectivity index (χ4v) is 2.13. The Morgan fingerprint density at radius 2 is 1.86 bits per heavy atom. The number of carbonyl (C=O) groups excluding carboxylic acids is 1. The van der Waals surface area contributed by atoms with Crippen molar-refractivity contribution in [2.24, 2.45) is 5.10 Å². The first-order valence-corrected chi connectivity index (χ1v) is 6.56. The summed E-state index contributed by atoms with van der Waals surface area (Å²) in [6.45, 7) is 3.38.